The summed E-state index contributed by atoms with van der Waals surface area (Å²) < 4.78 is 27.7. The summed E-state index contributed by atoms with van der Waals surface area (Å²) in [6.45, 7) is 3.20. The summed E-state index contributed by atoms with van der Waals surface area (Å²) >= 11 is 0. The topological polar surface area (TPSA) is 303 Å². The first-order valence-corrected chi connectivity index (χ1v) is 25.8. The van der Waals surface area contributed by atoms with E-state index in [1.807, 2.05) is 0 Å². The summed E-state index contributed by atoms with van der Waals surface area (Å²) in [4.78, 5) is 134. The van der Waals surface area contributed by atoms with Gasteiger partial charge in [0.2, 0.25) is 47.3 Å². The van der Waals surface area contributed by atoms with Crippen LogP contribution in [0, 0.1) is 18.7 Å². The van der Waals surface area contributed by atoms with Gasteiger partial charge in [0, 0.05) is 60.8 Å². The summed E-state index contributed by atoms with van der Waals surface area (Å²) in [5, 5.41) is 27.7. The molecule has 2 aromatic carbocycles. The first kappa shape index (κ1) is 55.3. The quantitative estimate of drug-likeness (QED) is 0.0271. The van der Waals surface area contributed by atoms with Crippen LogP contribution in [0.4, 0.5) is 4.39 Å². The van der Waals surface area contributed by atoms with Crippen molar-refractivity contribution in [3.63, 3.8) is 0 Å². The highest BCUT2D eigenvalue weighted by molar-refractivity contribution is 6.03. The van der Waals surface area contributed by atoms with E-state index in [2.05, 4.69) is 31.9 Å². The van der Waals surface area contributed by atoms with Crippen molar-refractivity contribution >= 4 is 64.1 Å². The number of hydrogen-bond acceptors (Lipinski definition) is 14. The van der Waals surface area contributed by atoms with E-state index < -0.39 is 90.8 Å². The number of aryl methyl sites for hydroxylation is 1. The second kappa shape index (κ2) is 24.0. The molecule has 1 fully saturated rings. The Bertz CT molecular complexity index is 3110. The second-order valence-electron chi connectivity index (χ2n) is 19.8. The average molecular weight is 1060 g/mol. The number of aromatic nitrogens is 2. The van der Waals surface area contributed by atoms with Gasteiger partial charge in [0.25, 0.3) is 5.56 Å². The summed E-state index contributed by atoms with van der Waals surface area (Å²) in [5.41, 5.74) is 2.03. The number of nitrogens with zero attached hydrogens (tertiary/aromatic N) is 3. The van der Waals surface area contributed by atoms with Gasteiger partial charge in [0.15, 0.2) is 5.60 Å². The Morgan fingerprint density at radius 3 is 2.36 bits per heavy atom. The van der Waals surface area contributed by atoms with E-state index in [0.29, 0.717) is 83.2 Å². The summed E-state index contributed by atoms with van der Waals surface area (Å²) in [6.07, 6.45) is 2.80. The second-order valence-corrected chi connectivity index (χ2v) is 19.8. The molecule has 2 unspecified atom stereocenters. The predicted molar refractivity (Wildman–Crippen MR) is 272 cm³/mol. The average Bonchev–Trinajstić information content (AvgIpc) is 3.95. The van der Waals surface area contributed by atoms with Crippen LogP contribution in [-0.4, -0.2) is 125 Å². The Morgan fingerprint density at radius 2 is 1.62 bits per heavy atom. The number of ether oxygens (including phenoxy) is 2. The highest BCUT2D eigenvalue weighted by Gasteiger charge is 2.46. The molecule has 2 aromatic heterocycles. The molecule has 4 aromatic rings. The van der Waals surface area contributed by atoms with Gasteiger partial charge in [-0.1, -0.05) is 50.6 Å². The molecule has 8 amide bonds. The number of rotatable bonds is 23. The van der Waals surface area contributed by atoms with Crippen molar-refractivity contribution in [3.8, 4) is 11.4 Å². The number of halogens is 1. The molecule has 1 saturated heterocycles. The number of unbranched alkanes of at least 4 members (excludes halogenated alkanes) is 2. The van der Waals surface area contributed by atoms with E-state index in [4.69, 9.17) is 14.5 Å². The van der Waals surface area contributed by atoms with Crippen LogP contribution in [0.3, 0.4) is 0 Å². The van der Waals surface area contributed by atoms with Crippen molar-refractivity contribution in [2.75, 3.05) is 45.9 Å². The minimum Gasteiger partial charge on any atom is -0.458 e. The lowest BCUT2D eigenvalue weighted by molar-refractivity contribution is -0.172. The fourth-order valence-electron chi connectivity index (χ4n) is 10.3. The van der Waals surface area contributed by atoms with Gasteiger partial charge in [-0.05, 0) is 67.3 Å². The van der Waals surface area contributed by atoms with Gasteiger partial charge in [-0.2, -0.15) is 0 Å². The van der Waals surface area contributed by atoms with E-state index in [9.17, 15) is 53.1 Å². The largest absolute Gasteiger partial charge is 0.458 e. The molecule has 408 valence electrons. The van der Waals surface area contributed by atoms with Crippen LogP contribution in [-0.2, 0) is 84.2 Å². The van der Waals surface area contributed by atoms with E-state index in [0.717, 1.165) is 5.56 Å². The number of hydrogen-bond donors (Lipinski definition) is 7. The lowest BCUT2D eigenvalue weighted by atomic mass is 9.81. The molecule has 22 nitrogen and oxygen atoms in total. The van der Waals surface area contributed by atoms with Crippen LogP contribution in [0.15, 0.2) is 47.3 Å². The van der Waals surface area contributed by atoms with Gasteiger partial charge in [-0.3, -0.25) is 48.1 Å². The van der Waals surface area contributed by atoms with E-state index in [-0.39, 0.29) is 86.8 Å². The number of nitrogens with one attached hydrogen (secondary N) is 6. The molecule has 4 aliphatic rings. The number of pyridine rings is 2. The van der Waals surface area contributed by atoms with Crippen LogP contribution in [0.1, 0.15) is 104 Å². The molecule has 23 heteroatoms. The summed E-state index contributed by atoms with van der Waals surface area (Å²) in [6, 6.07) is 9.98. The van der Waals surface area contributed by atoms with Gasteiger partial charge in [0.05, 0.1) is 61.3 Å². The zero-order valence-corrected chi connectivity index (χ0v) is 43.1. The smallest absolute Gasteiger partial charge is 0.343 e. The Kier molecular flexibility index (Phi) is 17.2. The summed E-state index contributed by atoms with van der Waals surface area (Å²) in [7, 11) is 0. The van der Waals surface area contributed by atoms with E-state index in [1.165, 1.54) is 15.5 Å². The number of imide groups is 1. The van der Waals surface area contributed by atoms with Crippen molar-refractivity contribution in [3.05, 3.63) is 97.6 Å². The molecule has 8 rings (SSSR count). The molecular formula is C54H62FN9O13. The molecule has 5 heterocycles. The minimum atomic E-state index is -2.04. The van der Waals surface area contributed by atoms with Crippen LogP contribution in [0.2, 0.25) is 0 Å². The van der Waals surface area contributed by atoms with Crippen LogP contribution in [0.5, 0.6) is 0 Å². The Balaban J connectivity index is 0.782. The molecule has 7 N–H and O–H groups in total. The predicted octanol–water partition coefficient (Wildman–Crippen LogP) is 0.795. The zero-order valence-electron chi connectivity index (χ0n) is 43.1. The van der Waals surface area contributed by atoms with Crippen molar-refractivity contribution < 1.29 is 62.1 Å². The van der Waals surface area contributed by atoms with E-state index in [1.54, 1.807) is 57.2 Å². The highest BCUT2D eigenvalue weighted by Crippen LogP contribution is 2.46. The molecule has 0 radical (unpaired) electrons. The normalized spacial score (nSPS) is 18.4. The third-order valence-corrected chi connectivity index (χ3v) is 14.5. The number of carbonyl (C=O) groups excluding carboxylic acids is 9. The number of fused-ring (bicyclic) bond motifs is 5. The molecule has 0 bridgehead atoms. The first-order valence-electron chi connectivity index (χ1n) is 25.8. The van der Waals surface area contributed by atoms with Crippen LogP contribution < -0.4 is 37.5 Å². The number of esters is 1. The van der Waals surface area contributed by atoms with E-state index >= 15 is 4.39 Å². The monoisotopic (exact) mass is 1060 g/mol. The van der Waals surface area contributed by atoms with Crippen molar-refractivity contribution in [1.29, 1.82) is 0 Å². The molecule has 77 heavy (non-hydrogen) atoms. The molecule has 3 aliphatic heterocycles. The highest BCUT2D eigenvalue weighted by atomic mass is 19.1. The third kappa shape index (κ3) is 12.2. The lowest BCUT2D eigenvalue weighted by Gasteiger charge is -2.31. The summed E-state index contributed by atoms with van der Waals surface area (Å²) in [5.74, 6) is -5.48. The fraction of sp³-hybridized carbons (Fsp3) is 0.463. The molecule has 0 spiro atoms. The van der Waals surface area contributed by atoms with Crippen molar-refractivity contribution in [1.82, 2.24) is 46.4 Å². The maximum absolute atomic E-state index is 15.4. The number of benzene rings is 2. The van der Waals surface area contributed by atoms with Crippen molar-refractivity contribution in [2.24, 2.45) is 5.92 Å². The standard InChI is InChI=1S/C54H62FN9O13/c1-4-54(75)35-21-40-49-33(26-64(40)52(73)34(35)27-77-53(54)74)48-37(15-14-32-30(3)36(55)22-38(62-49)47(32)48)60-45(69)28-76-18-16-56-42(66)24-59-50(71)39(20-31-11-7-5-8-12-31)61-44(68)25-58-43(67)23-57-41(65)13-9-6-10-17-63-46(70)19-29(2)51(63)72/h5,7-8,11-12,21-22,29,37,39,75H,4,6,9-10,13-20,23-28H2,1-3H3,(H,56,66)(H,57,65)(H,58,67)(H,59,71)(H,60,69)(H,61,68)/t29?,37-,39-,54?/m0/s1. The van der Waals surface area contributed by atoms with Gasteiger partial charge >= 0.3 is 5.97 Å². The lowest BCUT2D eigenvalue weighted by Crippen LogP contribution is -2.52. The zero-order chi connectivity index (χ0) is 55.1. The maximum atomic E-state index is 15.4. The molecule has 4 atom stereocenters. The molecular weight excluding hydrogens is 1000 g/mol. The molecule has 1 aliphatic carbocycles. The molecule has 0 saturated carbocycles. The third-order valence-electron chi connectivity index (χ3n) is 14.5. The first-order chi connectivity index (χ1) is 36.9. The van der Waals surface area contributed by atoms with Gasteiger partial charge < -0.3 is 51.0 Å². The SMILES string of the molecule is CCC1(O)C(=O)OCc2c1cc1n(c2=O)Cc2c-1nc1cc(F)c(C)c3c1c2[C@@H](NC(=O)COCCNC(=O)CNC(=O)[C@H](Cc1ccccc1)NC(=O)CNC(=O)CNC(=O)CCCCCN1C(=O)CC(C)C1=O)CC3. The van der Waals surface area contributed by atoms with Crippen LogP contribution >= 0.6 is 0 Å². The Morgan fingerprint density at radius 1 is 0.896 bits per heavy atom. The maximum Gasteiger partial charge on any atom is 0.343 e. The van der Waals surface area contributed by atoms with Crippen LogP contribution in [0.25, 0.3) is 22.3 Å². The number of likely N-dealkylation sites (tertiary alicyclic amines) is 1. The number of cyclic esters (lactones) is 1. The Hall–Kier alpha value is -7.92. The Labute approximate surface area is 441 Å². The number of amides is 8. The fourth-order valence-corrected chi connectivity index (χ4v) is 10.3. The van der Waals surface area contributed by atoms with Gasteiger partial charge in [0.1, 0.15) is 25.1 Å². The minimum absolute atomic E-state index is 0.0299. The number of aliphatic hydroxyl groups is 1. The van der Waals surface area contributed by atoms with Gasteiger partial charge in [-0.15, -0.1) is 0 Å². The van der Waals surface area contributed by atoms with Gasteiger partial charge in [-0.25, -0.2) is 14.2 Å². The number of carbonyl (C=O) groups is 9. The van der Waals surface area contributed by atoms with Crippen molar-refractivity contribution in [2.45, 2.75) is 109 Å².